The predicted molar refractivity (Wildman–Crippen MR) is 100 cm³/mol. The number of aryl methyl sites for hydroxylation is 2. The maximum Gasteiger partial charge on any atom is 0.235 e. The zero-order valence-electron chi connectivity index (χ0n) is 14.9. The SMILES string of the molecule is Cc1nn([C@H]2CCS(=O)(=O)C2)c(C)c1[C@@H]1SCC(=O)Nc2c1cnn2C. The third-order valence-electron chi connectivity index (χ3n) is 5.09. The molecule has 0 spiro atoms. The molecule has 1 fully saturated rings. The van der Waals surface area contributed by atoms with Gasteiger partial charge in [0.2, 0.25) is 5.91 Å². The third kappa shape index (κ3) is 2.84. The van der Waals surface area contributed by atoms with E-state index in [2.05, 4.69) is 15.5 Å². The van der Waals surface area contributed by atoms with E-state index in [1.54, 1.807) is 29.7 Å². The Morgan fingerprint density at radius 2 is 2.12 bits per heavy atom. The molecular weight excluding hydrogens is 374 g/mol. The molecule has 0 unspecified atom stereocenters. The highest BCUT2D eigenvalue weighted by molar-refractivity contribution is 8.00. The van der Waals surface area contributed by atoms with Crippen LogP contribution in [0.1, 0.15) is 40.2 Å². The number of anilines is 1. The van der Waals surface area contributed by atoms with E-state index in [9.17, 15) is 13.2 Å². The molecular formula is C16H21N5O3S2. The van der Waals surface area contributed by atoms with Gasteiger partial charge in [-0.2, -0.15) is 10.2 Å². The maximum atomic E-state index is 12.1. The van der Waals surface area contributed by atoms with Crippen molar-refractivity contribution in [1.29, 1.82) is 0 Å². The van der Waals surface area contributed by atoms with Gasteiger partial charge < -0.3 is 5.32 Å². The average molecular weight is 396 g/mol. The van der Waals surface area contributed by atoms with Gasteiger partial charge in [0, 0.05) is 23.9 Å². The van der Waals surface area contributed by atoms with Crippen LogP contribution >= 0.6 is 11.8 Å². The van der Waals surface area contributed by atoms with E-state index in [0.29, 0.717) is 18.0 Å². The summed E-state index contributed by atoms with van der Waals surface area (Å²) in [4.78, 5) is 12.1. The summed E-state index contributed by atoms with van der Waals surface area (Å²) in [5.74, 6) is 1.37. The van der Waals surface area contributed by atoms with Gasteiger partial charge in [-0.3, -0.25) is 14.2 Å². The van der Waals surface area contributed by atoms with E-state index in [-0.39, 0.29) is 28.7 Å². The van der Waals surface area contributed by atoms with Crippen LogP contribution < -0.4 is 5.32 Å². The molecule has 0 radical (unpaired) electrons. The Labute approximate surface area is 156 Å². The van der Waals surface area contributed by atoms with E-state index in [1.807, 2.05) is 18.5 Å². The van der Waals surface area contributed by atoms with Crippen LogP contribution in [-0.2, 0) is 21.7 Å². The van der Waals surface area contributed by atoms with Crippen LogP contribution in [0.25, 0.3) is 0 Å². The summed E-state index contributed by atoms with van der Waals surface area (Å²) in [6.45, 7) is 3.93. The number of nitrogens with one attached hydrogen (secondary N) is 1. The van der Waals surface area contributed by atoms with Gasteiger partial charge in [0.15, 0.2) is 9.84 Å². The predicted octanol–water partition coefficient (Wildman–Crippen LogP) is 1.37. The Bertz CT molecular complexity index is 992. The highest BCUT2D eigenvalue weighted by Gasteiger charge is 2.35. The van der Waals surface area contributed by atoms with E-state index in [1.165, 1.54) is 0 Å². The summed E-state index contributed by atoms with van der Waals surface area (Å²) in [7, 11) is -1.18. The Morgan fingerprint density at radius 3 is 2.81 bits per heavy atom. The average Bonchev–Trinajstić information content (AvgIpc) is 3.15. The lowest BCUT2D eigenvalue weighted by atomic mass is 10.0. The molecule has 26 heavy (non-hydrogen) atoms. The van der Waals surface area contributed by atoms with Gasteiger partial charge >= 0.3 is 0 Å². The molecule has 2 aliphatic heterocycles. The van der Waals surface area contributed by atoms with E-state index in [4.69, 9.17) is 0 Å². The number of amides is 1. The summed E-state index contributed by atoms with van der Waals surface area (Å²) in [6.07, 6.45) is 2.38. The fraction of sp³-hybridized carbons (Fsp3) is 0.562. The first kappa shape index (κ1) is 17.6. The Balaban J connectivity index is 1.78. The maximum absolute atomic E-state index is 12.1. The largest absolute Gasteiger partial charge is 0.310 e. The number of nitrogens with zero attached hydrogens (tertiary/aromatic N) is 4. The third-order valence-corrected chi connectivity index (χ3v) is 8.09. The molecule has 0 bridgehead atoms. The van der Waals surface area contributed by atoms with Crippen LogP contribution in [0.2, 0.25) is 0 Å². The first-order chi connectivity index (χ1) is 12.3. The summed E-state index contributed by atoms with van der Waals surface area (Å²) in [5.41, 5.74) is 3.83. The molecule has 0 aromatic carbocycles. The Hall–Kier alpha value is -1.81. The zero-order chi connectivity index (χ0) is 18.6. The minimum absolute atomic E-state index is 0.0491. The number of carbonyl (C=O) groups is 1. The molecule has 2 aromatic heterocycles. The lowest BCUT2D eigenvalue weighted by molar-refractivity contribution is -0.113. The van der Waals surface area contributed by atoms with Crippen molar-refractivity contribution >= 4 is 33.3 Å². The summed E-state index contributed by atoms with van der Waals surface area (Å²) in [5, 5.41) is 11.8. The standard InChI is InChI=1S/C16H21N5O3S2/c1-9-14(10(2)21(19-9)11-4-5-26(23,24)8-11)15-12-6-17-20(3)16(12)18-13(22)7-25-15/h6,11,15H,4-5,7-8H2,1-3H3,(H,18,22)/t11-,15+/m0/s1. The fourth-order valence-electron chi connectivity index (χ4n) is 3.83. The van der Waals surface area contributed by atoms with Crippen molar-refractivity contribution in [1.82, 2.24) is 19.6 Å². The van der Waals surface area contributed by atoms with Gasteiger partial charge in [0.05, 0.1) is 40.4 Å². The fourth-order valence-corrected chi connectivity index (χ4v) is 6.78. The topological polar surface area (TPSA) is 98.9 Å². The second-order valence-corrected chi connectivity index (χ2v) is 10.2. The molecule has 1 N–H and O–H groups in total. The number of hydrogen-bond donors (Lipinski definition) is 1. The molecule has 1 amide bonds. The smallest absolute Gasteiger partial charge is 0.235 e. The second-order valence-electron chi connectivity index (χ2n) is 6.90. The van der Waals surface area contributed by atoms with Gasteiger partial charge in [0.25, 0.3) is 0 Å². The van der Waals surface area contributed by atoms with Crippen LogP contribution in [0, 0.1) is 13.8 Å². The minimum atomic E-state index is -2.98. The number of carbonyl (C=O) groups excluding carboxylic acids is 1. The van der Waals surface area contributed by atoms with E-state index >= 15 is 0 Å². The second kappa shape index (κ2) is 6.12. The molecule has 4 heterocycles. The molecule has 140 valence electrons. The van der Waals surface area contributed by atoms with Crippen LogP contribution in [0.5, 0.6) is 0 Å². The monoisotopic (exact) mass is 395 g/mol. The Morgan fingerprint density at radius 1 is 1.35 bits per heavy atom. The molecule has 10 heteroatoms. The van der Waals surface area contributed by atoms with Crippen molar-refractivity contribution in [3.63, 3.8) is 0 Å². The van der Waals surface area contributed by atoms with Crippen molar-refractivity contribution in [2.45, 2.75) is 31.6 Å². The van der Waals surface area contributed by atoms with Gasteiger partial charge in [0.1, 0.15) is 5.82 Å². The normalized spacial score (nSPS) is 25.0. The lowest BCUT2D eigenvalue weighted by Crippen LogP contribution is -2.15. The molecule has 2 atom stereocenters. The molecule has 2 aromatic rings. The Kier molecular flexibility index (Phi) is 4.14. The highest BCUT2D eigenvalue weighted by Crippen LogP contribution is 2.44. The first-order valence-corrected chi connectivity index (χ1v) is 11.3. The van der Waals surface area contributed by atoms with Crippen molar-refractivity contribution in [3.8, 4) is 0 Å². The summed E-state index contributed by atoms with van der Waals surface area (Å²) < 4.78 is 27.3. The molecule has 2 aliphatic rings. The molecule has 1 saturated heterocycles. The van der Waals surface area contributed by atoms with Crippen molar-refractivity contribution in [3.05, 3.63) is 28.7 Å². The quantitative estimate of drug-likeness (QED) is 0.825. The zero-order valence-corrected chi connectivity index (χ0v) is 16.5. The summed E-state index contributed by atoms with van der Waals surface area (Å²) in [6, 6.07) is -0.114. The molecule has 8 nitrogen and oxygen atoms in total. The number of fused-ring (bicyclic) bond motifs is 1. The number of sulfone groups is 1. The number of thioether (sulfide) groups is 1. The molecule has 0 saturated carbocycles. The molecule has 0 aliphatic carbocycles. The van der Waals surface area contributed by atoms with Crippen molar-refractivity contribution < 1.29 is 13.2 Å². The van der Waals surface area contributed by atoms with Crippen LogP contribution in [0.15, 0.2) is 6.20 Å². The van der Waals surface area contributed by atoms with E-state index in [0.717, 1.165) is 22.5 Å². The van der Waals surface area contributed by atoms with Crippen molar-refractivity contribution in [2.75, 3.05) is 22.6 Å². The van der Waals surface area contributed by atoms with Gasteiger partial charge in [-0.15, -0.1) is 11.8 Å². The van der Waals surface area contributed by atoms with Crippen molar-refractivity contribution in [2.24, 2.45) is 7.05 Å². The van der Waals surface area contributed by atoms with Gasteiger partial charge in [-0.25, -0.2) is 8.42 Å². The molecule has 4 rings (SSSR count). The number of hydrogen-bond acceptors (Lipinski definition) is 6. The first-order valence-electron chi connectivity index (χ1n) is 8.46. The summed E-state index contributed by atoms with van der Waals surface area (Å²) >= 11 is 1.55. The van der Waals surface area contributed by atoms with Gasteiger partial charge in [-0.05, 0) is 20.3 Å². The number of aromatic nitrogens is 4. The van der Waals surface area contributed by atoms with E-state index < -0.39 is 9.84 Å². The van der Waals surface area contributed by atoms with Crippen LogP contribution in [0.3, 0.4) is 0 Å². The lowest BCUT2D eigenvalue weighted by Gasteiger charge is -2.16. The van der Waals surface area contributed by atoms with Gasteiger partial charge in [-0.1, -0.05) is 0 Å². The highest BCUT2D eigenvalue weighted by atomic mass is 32.2. The van der Waals surface area contributed by atoms with Crippen LogP contribution in [-0.4, -0.2) is 51.1 Å². The van der Waals surface area contributed by atoms with Crippen LogP contribution in [0.4, 0.5) is 5.82 Å². The minimum Gasteiger partial charge on any atom is -0.310 e. The number of rotatable bonds is 2.